The van der Waals surface area contributed by atoms with Crippen LogP contribution in [0.3, 0.4) is 0 Å². The first kappa shape index (κ1) is 18.4. The molecule has 0 aliphatic rings. The molecule has 1 aromatic heterocycles. The fourth-order valence-electron chi connectivity index (χ4n) is 3.25. The summed E-state index contributed by atoms with van der Waals surface area (Å²) in [6.07, 6.45) is 1.67. The fourth-order valence-corrected chi connectivity index (χ4v) is 3.25. The summed E-state index contributed by atoms with van der Waals surface area (Å²) in [4.78, 5) is 23.7. The summed E-state index contributed by atoms with van der Waals surface area (Å²) in [6.45, 7) is 1.99. The predicted molar refractivity (Wildman–Crippen MR) is 114 cm³/mol. The number of aromatic nitrogens is 2. The van der Waals surface area contributed by atoms with E-state index in [2.05, 4.69) is 40.0 Å². The molecule has 0 spiro atoms. The van der Waals surface area contributed by atoms with Crippen LogP contribution < -0.4 is 10.6 Å². The van der Waals surface area contributed by atoms with E-state index in [1.165, 1.54) is 12.3 Å². The van der Waals surface area contributed by atoms with Crippen LogP contribution in [-0.2, 0) is 11.3 Å². The maximum atomic E-state index is 12.6. The van der Waals surface area contributed by atoms with Crippen molar-refractivity contribution < 1.29 is 9.59 Å². The van der Waals surface area contributed by atoms with Crippen molar-refractivity contribution in [3.63, 3.8) is 0 Å². The number of amides is 2. The van der Waals surface area contributed by atoms with Crippen molar-refractivity contribution >= 4 is 34.1 Å². The van der Waals surface area contributed by atoms with Gasteiger partial charge in [0.15, 0.2) is 0 Å². The molecule has 29 heavy (non-hydrogen) atoms. The maximum Gasteiger partial charge on any atom is 0.256 e. The van der Waals surface area contributed by atoms with Gasteiger partial charge in [-0.15, -0.1) is 0 Å². The lowest BCUT2D eigenvalue weighted by atomic mass is 10.0. The van der Waals surface area contributed by atoms with Gasteiger partial charge in [0.05, 0.1) is 12.7 Å². The predicted octanol–water partition coefficient (Wildman–Crippen LogP) is 4.30. The molecule has 0 aliphatic carbocycles. The Kier molecular flexibility index (Phi) is 5.07. The first-order valence-electron chi connectivity index (χ1n) is 9.27. The summed E-state index contributed by atoms with van der Waals surface area (Å²) in [7, 11) is 0. The van der Waals surface area contributed by atoms with Gasteiger partial charge in [0.25, 0.3) is 5.91 Å². The summed E-state index contributed by atoms with van der Waals surface area (Å²) >= 11 is 0. The van der Waals surface area contributed by atoms with Crippen LogP contribution in [0, 0.1) is 0 Å². The molecule has 0 bridgehead atoms. The minimum Gasteiger partial charge on any atom is -0.326 e. The van der Waals surface area contributed by atoms with E-state index >= 15 is 0 Å². The number of rotatable bonds is 5. The summed E-state index contributed by atoms with van der Waals surface area (Å²) < 4.78 is 1.77. The van der Waals surface area contributed by atoms with Crippen molar-refractivity contribution in [2.75, 3.05) is 10.6 Å². The Morgan fingerprint density at radius 1 is 0.897 bits per heavy atom. The van der Waals surface area contributed by atoms with E-state index in [-0.39, 0.29) is 11.8 Å². The first-order valence-corrected chi connectivity index (χ1v) is 9.27. The van der Waals surface area contributed by atoms with Crippen LogP contribution >= 0.6 is 0 Å². The Labute approximate surface area is 168 Å². The van der Waals surface area contributed by atoms with Gasteiger partial charge in [0.1, 0.15) is 5.82 Å². The lowest BCUT2D eigenvalue weighted by molar-refractivity contribution is -0.114. The second kappa shape index (κ2) is 7.98. The Morgan fingerprint density at radius 3 is 2.45 bits per heavy atom. The molecule has 6 nitrogen and oxygen atoms in total. The van der Waals surface area contributed by atoms with Gasteiger partial charge in [-0.25, -0.2) is 4.68 Å². The van der Waals surface area contributed by atoms with Gasteiger partial charge in [-0.1, -0.05) is 42.5 Å². The van der Waals surface area contributed by atoms with Crippen molar-refractivity contribution in [2.24, 2.45) is 0 Å². The highest BCUT2D eigenvalue weighted by molar-refractivity contribution is 6.04. The summed E-state index contributed by atoms with van der Waals surface area (Å²) in [5.41, 5.74) is 2.27. The number of anilines is 2. The van der Waals surface area contributed by atoms with E-state index in [4.69, 9.17) is 0 Å². The first-order chi connectivity index (χ1) is 14.1. The van der Waals surface area contributed by atoms with Crippen molar-refractivity contribution in [2.45, 2.75) is 13.5 Å². The van der Waals surface area contributed by atoms with Crippen LogP contribution in [0.4, 0.5) is 11.5 Å². The minimum atomic E-state index is -0.237. The average molecular weight is 384 g/mol. The van der Waals surface area contributed by atoms with Crippen LogP contribution in [-0.4, -0.2) is 21.6 Å². The highest BCUT2D eigenvalue weighted by Crippen LogP contribution is 2.21. The largest absolute Gasteiger partial charge is 0.326 e. The van der Waals surface area contributed by atoms with Crippen LogP contribution in [0.2, 0.25) is 0 Å². The zero-order valence-corrected chi connectivity index (χ0v) is 15.9. The molecule has 4 aromatic rings. The molecule has 2 amide bonds. The number of fused-ring (bicyclic) bond motifs is 1. The molecule has 0 aliphatic heterocycles. The van der Waals surface area contributed by atoms with Crippen molar-refractivity contribution in [3.05, 3.63) is 90.1 Å². The third kappa shape index (κ3) is 4.16. The molecule has 3 aromatic carbocycles. The van der Waals surface area contributed by atoms with Crippen molar-refractivity contribution in [3.8, 4) is 0 Å². The molecule has 0 atom stereocenters. The highest BCUT2D eigenvalue weighted by atomic mass is 16.2. The van der Waals surface area contributed by atoms with Crippen molar-refractivity contribution in [1.82, 2.24) is 9.78 Å². The molecule has 0 unspecified atom stereocenters. The number of carbonyl (C=O) groups is 2. The van der Waals surface area contributed by atoms with Crippen LogP contribution in [0.1, 0.15) is 22.8 Å². The van der Waals surface area contributed by atoms with Gasteiger partial charge < -0.3 is 10.6 Å². The zero-order valence-electron chi connectivity index (χ0n) is 15.9. The number of benzene rings is 3. The molecule has 0 saturated carbocycles. The SMILES string of the molecule is CC(=O)Nc1ccc(C(=O)Nc2ccnn2Cc2cccc3ccccc23)cc1. The number of nitrogens with one attached hydrogen (secondary N) is 2. The minimum absolute atomic E-state index is 0.153. The Bertz CT molecular complexity index is 1170. The van der Waals surface area contributed by atoms with Gasteiger partial charge in [0, 0.05) is 24.2 Å². The second-order valence-electron chi connectivity index (χ2n) is 6.73. The number of hydrogen-bond acceptors (Lipinski definition) is 3. The molecule has 6 heteroatoms. The van der Waals surface area contributed by atoms with Crippen LogP contribution in [0.25, 0.3) is 10.8 Å². The van der Waals surface area contributed by atoms with Crippen LogP contribution in [0.15, 0.2) is 79.0 Å². The quantitative estimate of drug-likeness (QED) is 0.539. The van der Waals surface area contributed by atoms with E-state index in [9.17, 15) is 9.59 Å². The van der Waals surface area contributed by atoms with Gasteiger partial charge in [-0.05, 0) is 40.6 Å². The average Bonchev–Trinajstić information content (AvgIpc) is 3.15. The van der Waals surface area contributed by atoms with Gasteiger partial charge >= 0.3 is 0 Å². The van der Waals surface area contributed by atoms with Gasteiger partial charge in [-0.2, -0.15) is 5.10 Å². The molecule has 0 radical (unpaired) electrons. The summed E-state index contributed by atoms with van der Waals surface area (Å²) in [6, 6.07) is 22.9. The van der Waals surface area contributed by atoms with Gasteiger partial charge in [-0.3, -0.25) is 9.59 Å². The molecule has 0 saturated heterocycles. The van der Waals surface area contributed by atoms with E-state index in [0.717, 1.165) is 10.9 Å². The van der Waals surface area contributed by atoms with E-state index in [1.54, 1.807) is 41.2 Å². The smallest absolute Gasteiger partial charge is 0.256 e. The zero-order chi connectivity index (χ0) is 20.2. The van der Waals surface area contributed by atoms with Crippen molar-refractivity contribution in [1.29, 1.82) is 0 Å². The van der Waals surface area contributed by atoms with E-state index < -0.39 is 0 Å². The molecule has 4 rings (SSSR count). The molecule has 2 N–H and O–H groups in total. The third-order valence-electron chi connectivity index (χ3n) is 4.63. The standard InChI is InChI=1S/C23H20N4O2/c1-16(28)25-20-11-9-18(10-12-20)23(29)26-22-13-14-24-27(22)15-19-7-4-6-17-5-2-3-8-21(17)19/h2-14H,15H2,1H3,(H,25,28)(H,26,29). The number of carbonyl (C=O) groups excluding carboxylic acids is 2. The van der Waals surface area contributed by atoms with E-state index in [0.29, 0.717) is 23.6 Å². The number of nitrogens with zero attached hydrogens (tertiary/aromatic N) is 2. The second-order valence-corrected chi connectivity index (χ2v) is 6.73. The fraction of sp³-hybridized carbons (Fsp3) is 0.0870. The molecular formula is C23H20N4O2. The normalized spacial score (nSPS) is 10.7. The Balaban J connectivity index is 1.52. The number of hydrogen-bond donors (Lipinski definition) is 2. The summed E-state index contributed by atoms with van der Waals surface area (Å²) in [5.74, 6) is 0.229. The molecule has 1 heterocycles. The monoisotopic (exact) mass is 384 g/mol. The topological polar surface area (TPSA) is 76.0 Å². The van der Waals surface area contributed by atoms with E-state index in [1.807, 2.05) is 18.2 Å². The molecule has 0 fully saturated rings. The third-order valence-corrected chi connectivity index (χ3v) is 4.63. The Hall–Kier alpha value is -3.93. The maximum absolute atomic E-state index is 12.6. The Morgan fingerprint density at radius 2 is 1.66 bits per heavy atom. The van der Waals surface area contributed by atoms with Gasteiger partial charge in [0.2, 0.25) is 5.91 Å². The lowest BCUT2D eigenvalue weighted by Crippen LogP contribution is -2.16. The molecule has 144 valence electrons. The lowest BCUT2D eigenvalue weighted by Gasteiger charge is -2.11. The highest BCUT2D eigenvalue weighted by Gasteiger charge is 2.11. The van der Waals surface area contributed by atoms with Crippen LogP contribution in [0.5, 0.6) is 0 Å². The summed E-state index contributed by atoms with van der Waals surface area (Å²) in [5, 5.41) is 12.3. The molecular weight excluding hydrogens is 364 g/mol.